The lowest BCUT2D eigenvalue weighted by atomic mass is 10.1. The number of nitrogens with one attached hydrogen (secondary N) is 1. The molecule has 0 aliphatic carbocycles. The Labute approximate surface area is 142 Å². The number of benzene rings is 1. The number of urea groups is 1. The Hall–Kier alpha value is -3.42. The number of imide groups is 1. The summed E-state index contributed by atoms with van der Waals surface area (Å²) in [6, 6.07) is 7.34. The largest absolute Gasteiger partial charge is 0.457 e. The van der Waals surface area contributed by atoms with Crippen molar-refractivity contribution in [2.75, 3.05) is 6.54 Å². The van der Waals surface area contributed by atoms with E-state index in [0.717, 1.165) is 10.5 Å². The molecule has 1 aliphatic rings. The molecule has 0 bridgehead atoms. The van der Waals surface area contributed by atoms with E-state index >= 15 is 0 Å². The molecule has 128 valence electrons. The quantitative estimate of drug-likeness (QED) is 0.398. The smallest absolute Gasteiger partial charge is 0.328 e. The summed E-state index contributed by atoms with van der Waals surface area (Å²) >= 11 is 0. The van der Waals surface area contributed by atoms with Gasteiger partial charge in [0.1, 0.15) is 17.2 Å². The molecule has 1 N–H and O–H groups in total. The van der Waals surface area contributed by atoms with E-state index in [1.54, 1.807) is 25.1 Å². The number of hydrogen-bond donors (Lipinski definition) is 1. The van der Waals surface area contributed by atoms with Crippen LogP contribution < -0.4 is 5.32 Å². The maximum atomic E-state index is 12.1. The van der Waals surface area contributed by atoms with Crippen LogP contribution in [0.5, 0.6) is 0 Å². The molecule has 0 saturated carbocycles. The molecule has 0 spiro atoms. The minimum Gasteiger partial charge on any atom is -0.457 e. The first kappa shape index (κ1) is 16.4. The second kappa shape index (κ2) is 6.23. The minimum absolute atomic E-state index is 0.0336. The fourth-order valence-corrected chi connectivity index (χ4v) is 2.57. The number of carbonyl (C=O) groups excluding carboxylic acids is 2. The second-order valence-corrected chi connectivity index (χ2v) is 5.50. The van der Waals surface area contributed by atoms with Crippen LogP contribution in [0.3, 0.4) is 0 Å². The second-order valence-electron chi connectivity index (χ2n) is 5.50. The Morgan fingerprint density at radius 3 is 2.68 bits per heavy atom. The summed E-state index contributed by atoms with van der Waals surface area (Å²) < 4.78 is 5.68. The molecule has 1 aromatic carbocycles. The van der Waals surface area contributed by atoms with Crippen molar-refractivity contribution in [2.45, 2.75) is 13.8 Å². The molecule has 8 heteroatoms. The van der Waals surface area contributed by atoms with Gasteiger partial charge in [-0.05, 0) is 31.5 Å². The van der Waals surface area contributed by atoms with E-state index in [9.17, 15) is 19.7 Å². The third-order valence-corrected chi connectivity index (χ3v) is 3.89. The van der Waals surface area contributed by atoms with Crippen molar-refractivity contribution in [1.82, 2.24) is 10.2 Å². The van der Waals surface area contributed by atoms with Gasteiger partial charge in [0.05, 0.1) is 4.92 Å². The van der Waals surface area contributed by atoms with Gasteiger partial charge >= 0.3 is 6.03 Å². The number of nitro benzene ring substituents is 1. The zero-order valence-corrected chi connectivity index (χ0v) is 13.6. The summed E-state index contributed by atoms with van der Waals surface area (Å²) in [4.78, 5) is 35.3. The zero-order valence-electron chi connectivity index (χ0n) is 13.6. The van der Waals surface area contributed by atoms with Crippen molar-refractivity contribution in [2.24, 2.45) is 0 Å². The number of carbonyl (C=O) groups is 2. The predicted octanol–water partition coefficient (Wildman–Crippen LogP) is 3.08. The van der Waals surface area contributed by atoms with Crippen molar-refractivity contribution in [3.05, 3.63) is 57.5 Å². The highest BCUT2D eigenvalue weighted by atomic mass is 16.6. The van der Waals surface area contributed by atoms with E-state index in [1.807, 2.05) is 6.92 Å². The first-order valence-electron chi connectivity index (χ1n) is 7.60. The Morgan fingerprint density at radius 2 is 2.04 bits per heavy atom. The Bertz CT molecular complexity index is 913. The number of nitro groups is 1. The highest BCUT2D eigenvalue weighted by molar-refractivity contribution is 6.13. The van der Waals surface area contributed by atoms with Gasteiger partial charge < -0.3 is 9.73 Å². The zero-order chi connectivity index (χ0) is 18.1. The van der Waals surface area contributed by atoms with E-state index < -0.39 is 16.9 Å². The summed E-state index contributed by atoms with van der Waals surface area (Å²) in [6.45, 7) is 3.80. The van der Waals surface area contributed by atoms with Crippen LogP contribution in [0.1, 0.15) is 18.2 Å². The van der Waals surface area contributed by atoms with Crippen LogP contribution in [-0.2, 0) is 4.79 Å². The Balaban J connectivity index is 1.93. The van der Waals surface area contributed by atoms with Gasteiger partial charge in [-0.2, -0.15) is 0 Å². The average molecular weight is 341 g/mol. The summed E-state index contributed by atoms with van der Waals surface area (Å²) in [5.74, 6) is 0.386. The van der Waals surface area contributed by atoms with Crippen LogP contribution in [0.4, 0.5) is 10.5 Å². The lowest BCUT2D eigenvalue weighted by Crippen LogP contribution is -2.30. The van der Waals surface area contributed by atoms with Gasteiger partial charge in [-0.25, -0.2) is 4.79 Å². The number of non-ortho nitro benzene ring substituents is 1. The van der Waals surface area contributed by atoms with Gasteiger partial charge in [0.25, 0.3) is 11.6 Å². The molecule has 3 amide bonds. The molecule has 25 heavy (non-hydrogen) atoms. The number of nitrogens with zero attached hydrogens (tertiary/aromatic N) is 2. The standard InChI is InChI=1S/C17H15N3O5/c1-3-19-16(21)14(18-17(19)22)9-12-6-7-15(25-12)13-8-11(20(23)24)5-4-10(13)2/h4-9H,3H2,1-2H3,(H,18,22)/b14-9+. The highest BCUT2D eigenvalue weighted by Crippen LogP contribution is 2.30. The molecule has 2 aromatic rings. The normalized spacial score (nSPS) is 15.8. The van der Waals surface area contributed by atoms with Crippen LogP contribution >= 0.6 is 0 Å². The van der Waals surface area contributed by atoms with Crippen molar-refractivity contribution in [3.63, 3.8) is 0 Å². The summed E-state index contributed by atoms with van der Waals surface area (Å²) in [6.07, 6.45) is 1.44. The molecular weight excluding hydrogens is 326 g/mol. The molecule has 2 heterocycles. The fraction of sp³-hybridized carbons (Fsp3) is 0.176. The van der Waals surface area contributed by atoms with E-state index in [1.165, 1.54) is 18.2 Å². The molecule has 1 saturated heterocycles. The van der Waals surface area contributed by atoms with Crippen molar-refractivity contribution >= 4 is 23.7 Å². The first-order valence-corrected chi connectivity index (χ1v) is 7.60. The summed E-state index contributed by atoms with van der Waals surface area (Å²) in [5, 5.41) is 13.4. The Morgan fingerprint density at radius 1 is 1.28 bits per heavy atom. The van der Waals surface area contributed by atoms with Crippen molar-refractivity contribution in [1.29, 1.82) is 0 Å². The monoisotopic (exact) mass is 341 g/mol. The van der Waals surface area contributed by atoms with Gasteiger partial charge in [-0.1, -0.05) is 6.07 Å². The van der Waals surface area contributed by atoms with Gasteiger partial charge in [0, 0.05) is 30.3 Å². The topological polar surface area (TPSA) is 106 Å². The number of hydrogen-bond acceptors (Lipinski definition) is 5. The molecule has 0 unspecified atom stereocenters. The lowest BCUT2D eigenvalue weighted by Gasteiger charge is -2.05. The third-order valence-electron chi connectivity index (χ3n) is 3.89. The van der Waals surface area contributed by atoms with Crippen LogP contribution in [0.2, 0.25) is 0 Å². The summed E-state index contributed by atoms with van der Waals surface area (Å²) in [7, 11) is 0. The van der Waals surface area contributed by atoms with Crippen LogP contribution in [0, 0.1) is 17.0 Å². The first-order chi connectivity index (χ1) is 11.9. The fourth-order valence-electron chi connectivity index (χ4n) is 2.57. The number of aryl methyl sites for hydroxylation is 1. The van der Waals surface area contributed by atoms with Crippen molar-refractivity contribution in [3.8, 4) is 11.3 Å². The number of likely N-dealkylation sites (N-methyl/N-ethyl adjacent to an activating group) is 1. The minimum atomic E-state index is -0.472. The molecule has 3 rings (SSSR count). The van der Waals surface area contributed by atoms with Crippen molar-refractivity contribution < 1.29 is 18.9 Å². The van der Waals surface area contributed by atoms with E-state index in [4.69, 9.17) is 4.42 Å². The number of furan rings is 1. The maximum absolute atomic E-state index is 12.1. The number of amides is 3. The van der Waals surface area contributed by atoms with Crippen LogP contribution in [-0.4, -0.2) is 28.3 Å². The predicted molar refractivity (Wildman–Crippen MR) is 89.4 cm³/mol. The summed E-state index contributed by atoms with van der Waals surface area (Å²) in [5.41, 5.74) is 1.51. The molecular formula is C17H15N3O5. The van der Waals surface area contributed by atoms with E-state index in [-0.39, 0.29) is 17.9 Å². The van der Waals surface area contributed by atoms with Gasteiger partial charge in [-0.15, -0.1) is 0 Å². The van der Waals surface area contributed by atoms with E-state index in [2.05, 4.69) is 5.32 Å². The van der Waals surface area contributed by atoms with Crippen LogP contribution in [0.25, 0.3) is 17.4 Å². The SMILES string of the molecule is CCN1C(=O)N/C(=C/c2ccc(-c3cc([N+](=O)[O-])ccc3C)o2)C1=O. The van der Waals surface area contributed by atoms with Crippen LogP contribution in [0.15, 0.2) is 40.4 Å². The lowest BCUT2D eigenvalue weighted by molar-refractivity contribution is -0.384. The molecule has 8 nitrogen and oxygen atoms in total. The maximum Gasteiger partial charge on any atom is 0.328 e. The molecule has 0 atom stereocenters. The van der Waals surface area contributed by atoms with Gasteiger partial charge in [0.2, 0.25) is 0 Å². The average Bonchev–Trinajstić information content (AvgIpc) is 3.13. The highest BCUT2D eigenvalue weighted by Gasteiger charge is 2.32. The van der Waals surface area contributed by atoms with E-state index in [0.29, 0.717) is 17.1 Å². The molecule has 1 aromatic heterocycles. The van der Waals surface area contributed by atoms with Gasteiger partial charge in [-0.3, -0.25) is 19.8 Å². The molecule has 0 radical (unpaired) electrons. The number of rotatable bonds is 4. The Kier molecular flexibility index (Phi) is 4.10. The molecule has 1 fully saturated rings. The van der Waals surface area contributed by atoms with Gasteiger partial charge in [0.15, 0.2) is 0 Å². The molecule has 1 aliphatic heterocycles. The third kappa shape index (κ3) is 3.01.